The molecule has 4 fully saturated rings. The zero-order valence-corrected chi connectivity index (χ0v) is 17.2. The third-order valence-corrected chi connectivity index (χ3v) is 8.76. The van der Waals surface area contributed by atoms with Gasteiger partial charge in [-0.05, 0) is 73.0 Å². The first kappa shape index (κ1) is 19.7. The first-order valence-corrected chi connectivity index (χ1v) is 10.8. The minimum absolute atomic E-state index is 0.0254. The lowest BCUT2D eigenvalue weighted by molar-refractivity contribution is -0.156. The summed E-state index contributed by atoms with van der Waals surface area (Å²) >= 11 is 0. The molecule has 1 aliphatic heterocycles. The van der Waals surface area contributed by atoms with Crippen LogP contribution in [0.15, 0.2) is 0 Å². The highest BCUT2D eigenvalue weighted by molar-refractivity contribution is 5.77. The Kier molecular flexibility index (Phi) is 5.18. The molecule has 3 saturated carbocycles. The minimum atomic E-state index is -0.587. The molecule has 1 heterocycles. The van der Waals surface area contributed by atoms with Gasteiger partial charge < -0.3 is 10.4 Å². The normalized spacial score (nSPS) is 49.7. The van der Waals surface area contributed by atoms with Crippen molar-refractivity contribution >= 4 is 11.9 Å². The molecule has 8 atom stereocenters. The van der Waals surface area contributed by atoms with Crippen LogP contribution in [0.3, 0.4) is 0 Å². The summed E-state index contributed by atoms with van der Waals surface area (Å²) in [4.78, 5) is 23.7. The lowest BCUT2D eigenvalue weighted by atomic mass is 9.45. The maximum Gasteiger partial charge on any atom is 0.307 e. The van der Waals surface area contributed by atoms with Crippen molar-refractivity contribution < 1.29 is 14.7 Å². The molecule has 0 aromatic rings. The molecule has 0 radical (unpaired) electrons. The van der Waals surface area contributed by atoms with Gasteiger partial charge in [0.05, 0.1) is 5.92 Å². The number of nitrogens with one attached hydrogen (secondary N) is 1. The lowest BCUT2D eigenvalue weighted by Crippen LogP contribution is -2.63. The van der Waals surface area contributed by atoms with Crippen molar-refractivity contribution in [3.05, 3.63) is 0 Å². The van der Waals surface area contributed by atoms with Gasteiger partial charge in [0.2, 0.25) is 5.91 Å². The monoisotopic (exact) mass is 363 g/mol. The summed E-state index contributed by atoms with van der Waals surface area (Å²) in [6.07, 6.45) is 6.82. The van der Waals surface area contributed by atoms with Crippen LogP contribution >= 0.6 is 0 Å². The van der Waals surface area contributed by atoms with E-state index in [1.165, 1.54) is 0 Å². The van der Waals surface area contributed by atoms with Crippen LogP contribution in [0.4, 0.5) is 0 Å². The number of hydrogen-bond donors (Lipinski definition) is 2. The van der Waals surface area contributed by atoms with Gasteiger partial charge >= 0.3 is 5.97 Å². The Morgan fingerprint density at radius 3 is 2.38 bits per heavy atom. The fourth-order valence-electron chi connectivity index (χ4n) is 7.45. The van der Waals surface area contributed by atoms with Crippen molar-refractivity contribution in [2.24, 2.45) is 40.4 Å². The molecule has 4 aliphatic rings. The van der Waals surface area contributed by atoms with Gasteiger partial charge in [0.1, 0.15) is 0 Å². The molecule has 0 bridgehead atoms. The Labute approximate surface area is 158 Å². The van der Waals surface area contributed by atoms with Crippen LogP contribution in [0, 0.1) is 40.4 Å². The van der Waals surface area contributed by atoms with E-state index in [0.29, 0.717) is 36.1 Å². The molecule has 7 unspecified atom stereocenters. The number of carboxylic acids is 1. The number of carbonyl (C=O) groups excluding carboxylic acids is 1. The van der Waals surface area contributed by atoms with Gasteiger partial charge in [0.15, 0.2) is 0 Å². The summed E-state index contributed by atoms with van der Waals surface area (Å²) in [6, 6.07) is 0.316. The van der Waals surface area contributed by atoms with E-state index < -0.39 is 5.97 Å². The summed E-state index contributed by atoms with van der Waals surface area (Å²) in [5.41, 5.74) is 0.177. The summed E-state index contributed by atoms with van der Waals surface area (Å²) in [6.45, 7) is 11.0. The van der Waals surface area contributed by atoms with E-state index in [9.17, 15) is 14.7 Å². The fourth-order valence-corrected chi connectivity index (χ4v) is 7.45. The van der Waals surface area contributed by atoms with Crippen molar-refractivity contribution in [1.82, 2.24) is 5.32 Å². The van der Waals surface area contributed by atoms with E-state index in [1.54, 1.807) is 0 Å². The van der Waals surface area contributed by atoms with Crippen molar-refractivity contribution in [1.29, 1.82) is 0 Å². The number of fused-ring (bicyclic) bond motifs is 5. The van der Waals surface area contributed by atoms with E-state index in [2.05, 4.69) is 26.1 Å². The van der Waals surface area contributed by atoms with E-state index in [1.807, 2.05) is 13.8 Å². The van der Waals surface area contributed by atoms with Crippen molar-refractivity contribution in [2.45, 2.75) is 85.6 Å². The van der Waals surface area contributed by atoms with Gasteiger partial charge in [-0.15, -0.1) is 0 Å². The topological polar surface area (TPSA) is 66.4 Å². The smallest absolute Gasteiger partial charge is 0.307 e. The zero-order valence-electron chi connectivity index (χ0n) is 17.2. The summed E-state index contributed by atoms with van der Waals surface area (Å²) < 4.78 is 0. The Hall–Kier alpha value is -1.06. The summed E-state index contributed by atoms with van der Waals surface area (Å²) in [7, 11) is 0. The second kappa shape index (κ2) is 6.83. The molecule has 4 heteroatoms. The standard InChI is InChI=1S/C20H31NO3.C2H6/c1-11-10-15-20(3,9-7-16(22)21-15)13-6-8-19(2)12(17(11)13)4-5-14(19)18(23)24;1-2/h11-15,17H,4-10H2,1-3H3,(H,21,22)(H,23,24);1-2H3/t11?,12?,13?,14-,15?,17?,19?,20?;/m1./s1. The number of carbonyl (C=O) groups is 2. The first-order valence-electron chi connectivity index (χ1n) is 10.8. The van der Waals surface area contributed by atoms with Gasteiger partial charge in [-0.25, -0.2) is 0 Å². The number of aliphatic carboxylic acids is 1. The zero-order chi connectivity index (χ0) is 19.3. The van der Waals surface area contributed by atoms with Crippen LogP contribution < -0.4 is 5.32 Å². The molecular weight excluding hydrogens is 326 g/mol. The predicted molar refractivity (Wildman–Crippen MR) is 103 cm³/mol. The predicted octanol–water partition coefficient (Wildman–Crippen LogP) is 4.48. The van der Waals surface area contributed by atoms with Crippen LogP contribution in [0.1, 0.15) is 79.6 Å². The SMILES string of the molecule is CC.CC1CC2NC(=O)CCC2(C)C2CCC3(C)C(CC[C@@H]3C(=O)O)C12. The van der Waals surface area contributed by atoms with Crippen LogP contribution in [-0.2, 0) is 9.59 Å². The molecule has 1 amide bonds. The third-order valence-electron chi connectivity index (χ3n) is 8.76. The molecule has 2 N–H and O–H groups in total. The molecule has 0 aromatic carbocycles. The Balaban J connectivity index is 0.000000948. The van der Waals surface area contributed by atoms with Gasteiger partial charge in [0, 0.05) is 12.5 Å². The number of hydrogen-bond acceptors (Lipinski definition) is 2. The van der Waals surface area contributed by atoms with Crippen molar-refractivity contribution in [3.8, 4) is 0 Å². The second-order valence-corrected chi connectivity index (χ2v) is 9.64. The average molecular weight is 364 g/mol. The van der Waals surface area contributed by atoms with E-state index >= 15 is 0 Å². The molecule has 1 saturated heterocycles. The van der Waals surface area contributed by atoms with Crippen LogP contribution in [0.2, 0.25) is 0 Å². The maximum atomic E-state index is 11.9. The number of piperidine rings is 1. The Morgan fingerprint density at radius 2 is 1.73 bits per heavy atom. The highest BCUT2D eigenvalue weighted by Crippen LogP contribution is 2.66. The van der Waals surface area contributed by atoms with Crippen LogP contribution in [-0.4, -0.2) is 23.0 Å². The molecule has 4 nitrogen and oxygen atoms in total. The summed E-state index contributed by atoms with van der Waals surface area (Å²) in [5.74, 6) is 1.85. The number of carboxylic acid groups (broad SMARTS) is 1. The number of amides is 1. The van der Waals surface area contributed by atoms with Gasteiger partial charge in [-0.2, -0.15) is 0 Å². The molecular formula is C22H37NO3. The largest absolute Gasteiger partial charge is 0.481 e. The van der Waals surface area contributed by atoms with E-state index in [-0.39, 0.29) is 22.7 Å². The van der Waals surface area contributed by atoms with Crippen molar-refractivity contribution in [2.75, 3.05) is 0 Å². The molecule has 3 aliphatic carbocycles. The summed E-state index contributed by atoms with van der Waals surface area (Å²) in [5, 5.41) is 13.0. The maximum absolute atomic E-state index is 11.9. The average Bonchev–Trinajstić information content (AvgIpc) is 2.96. The minimum Gasteiger partial charge on any atom is -0.481 e. The lowest BCUT2D eigenvalue weighted by Gasteiger charge is -2.62. The third kappa shape index (κ3) is 2.70. The Bertz CT molecular complexity index is 576. The Morgan fingerprint density at radius 1 is 1.08 bits per heavy atom. The fraction of sp³-hybridized carbons (Fsp3) is 0.909. The number of rotatable bonds is 1. The molecule has 148 valence electrons. The molecule has 0 spiro atoms. The highest BCUT2D eigenvalue weighted by atomic mass is 16.4. The van der Waals surface area contributed by atoms with Crippen LogP contribution in [0.25, 0.3) is 0 Å². The van der Waals surface area contributed by atoms with Gasteiger partial charge in [0.25, 0.3) is 0 Å². The molecule has 0 aromatic heterocycles. The quantitative estimate of drug-likeness (QED) is 0.722. The first-order chi connectivity index (χ1) is 12.3. The van der Waals surface area contributed by atoms with E-state index in [0.717, 1.165) is 38.5 Å². The molecule has 26 heavy (non-hydrogen) atoms. The van der Waals surface area contributed by atoms with E-state index in [4.69, 9.17) is 0 Å². The second-order valence-electron chi connectivity index (χ2n) is 9.64. The van der Waals surface area contributed by atoms with Crippen molar-refractivity contribution in [3.63, 3.8) is 0 Å². The van der Waals surface area contributed by atoms with Gasteiger partial charge in [-0.3, -0.25) is 9.59 Å². The highest BCUT2D eigenvalue weighted by Gasteiger charge is 2.63. The van der Waals surface area contributed by atoms with Gasteiger partial charge in [-0.1, -0.05) is 34.6 Å². The van der Waals surface area contributed by atoms with Crippen LogP contribution in [0.5, 0.6) is 0 Å². The molecule has 4 rings (SSSR count).